The van der Waals surface area contributed by atoms with Gasteiger partial charge in [-0.05, 0) is 24.0 Å². The van der Waals surface area contributed by atoms with Crippen LogP contribution in [0.25, 0.3) is 0 Å². The maximum atomic E-state index is 12.4. The SMILES string of the molecule is N#CCc1ccc(CS(=O)(=O)NC2(C(=O)O)CCCCC2)cc1. The van der Waals surface area contributed by atoms with Crippen LogP contribution in [0.15, 0.2) is 24.3 Å². The average Bonchev–Trinajstić information content (AvgIpc) is 2.49. The standard InChI is InChI=1S/C16H20N2O4S/c17-11-8-13-4-6-14(7-5-13)12-23(21,22)18-16(15(19)20)9-2-1-3-10-16/h4-7,18H,1-3,8-10,12H2,(H,19,20). The van der Waals surface area contributed by atoms with Crippen LogP contribution in [0.4, 0.5) is 0 Å². The molecule has 0 spiro atoms. The number of carboxylic acid groups (broad SMARTS) is 1. The third-order valence-corrected chi connectivity index (χ3v) is 5.55. The van der Waals surface area contributed by atoms with Crippen molar-refractivity contribution in [2.24, 2.45) is 0 Å². The van der Waals surface area contributed by atoms with Gasteiger partial charge in [0.2, 0.25) is 10.0 Å². The fourth-order valence-corrected chi connectivity index (χ4v) is 4.50. The predicted molar refractivity (Wildman–Crippen MR) is 85.0 cm³/mol. The first-order chi connectivity index (χ1) is 10.9. The molecule has 0 aliphatic heterocycles. The van der Waals surface area contributed by atoms with Gasteiger partial charge < -0.3 is 5.11 Å². The van der Waals surface area contributed by atoms with Crippen LogP contribution in [0, 0.1) is 11.3 Å². The molecule has 1 fully saturated rings. The molecule has 0 unspecified atom stereocenters. The summed E-state index contributed by atoms with van der Waals surface area (Å²) in [5, 5.41) is 18.1. The molecule has 2 N–H and O–H groups in total. The lowest BCUT2D eigenvalue weighted by molar-refractivity contribution is -0.145. The second kappa shape index (κ2) is 7.11. The van der Waals surface area contributed by atoms with E-state index in [1.54, 1.807) is 24.3 Å². The molecule has 0 bridgehead atoms. The summed E-state index contributed by atoms with van der Waals surface area (Å²) in [6, 6.07) is 8.75. The number of carboxylic acids is 1. The van der Waals surface area contributed by atoms with E-state index in [1.165, 1.54) is 0 Å². The number of sulfonamides is 1. The van der Waals surface area contributed by atoms with Gasteiger partial charge in [-0.1, -0.05) is 43.5 Å². The molecule has 2 rings (SSSR count). The minimum atomic E-state index is -3.76. The molecule has 124 valence electrons. The van der Waals surface area contributed by atoms with Gasteiger partial charge >= 0.3 is 5.97 Å². The van der Waals surface area contributed by atoms with Gasteiger partial charge in [0, 0.05) is 0 Å². The highest BCUT2D eigenvalue weighted by Gasteiger charge is 2.42. The first kappa shape index (κ1) is 17.4. The number of aliphatic carboxylic acids is 1. The Bertz CT molecular complexity index is 699. The van der Waals surface area contributed by atoms with Gasteiger partial charge in [0.25, 0.3) is 0 Å². The largest absolute Gasteiger partial charge is 0.480 e. The molecule has 1 aliphatic carbocycles. The lowest BCUT2D eigenvalue weighted by Gasteiger charge is -2.33. The number of benzene rings is 1. The summed E-state index contributed by atoms with van der Waals surface area (Å²) in [7, 11) is -3.76. The molecule has 1 aliphatic rings. The van der Waals surface area contributed by atoms with E-state index >= 15 is 0 Å². The van der Waals surface area contributed by atoms with Gasteiger partial charge in [-0.25, -0.2) is 8.42 Å². The Labute approximate surface area is 136 Å². The molecule has 7 heteroatoms. The van der Waals surface area contributed by atoms with Crippen LogP contribution in [0.2, 0.25) is 0 Å². The maximum Gasteiger partial charge on any atom is 0.324 e. The van der Waals surface area contributed by atoms with Crippen molar-refractivity contribution < 1.29 is 18.3 Å². The summed E-state index contributed by atoms with van der Waals surface area (Å²) in [5.74, 6) is -1.38. The van der Waals surface area contributed by atoms with Crippen LogP contribution in [-0.2, 0) is 27.0 Å². The zero-order chi connectivity index (χ0) is 16.9. The first-order valence-electron chi connectivity index (χ1n) is 7.57. The van der Waals surface area contributed by atoms with Crippen molar-refractivity contribution in [1.82, 2.24) is 4.72 Å². The van der Waals surface area contributed by atoms with Crippen molar-refractivity contribution in [2.75, 3.05) is 0 Å². The highest BCUT2D eigenvalue weighted by atomic mass is 32.2. The van der Waals surface area contributed by atoms with E-state index in [-0.39, 0.29) is 12.2 Å². The van der Waals surface area contributed by atoms with Crippen LogP contribution in [0.5, 0.6) is 0 Å². The lowest BCUT2D eigenvalue weighted by atomic mass is 9.83. The molecule has 0 heterocycles. The predicted octanol–water partition coefficient (Wildman–Crippen LogP) is 1.96. The van der Waals surface area contributed by atoms with Crippen molar-refractivity contribution >= 4 is 16.0 Å². The van der Waals surface area contributed by atoms with Crippen LogP contribution in [0.1, 0.15) is 43.2 Å². The second-order valence-electron chi connectivity index (χ2n) is 5.96. The molecule has 0 amide bonds. The Kier molecular flexibility index (Phi) is 5.39. The summed E-state index contributed by atoms with van der Waals surface area (Å²) in [4.78, 5) is 11.6. The van der Waals surface area contributed by atoms with E-state index in [2.05, 4.69) is 4.72 Å². The van der Waals surface area contributed by atoms with Crippen LogP contribution in [0.3, 0.4) is 0 Å². The zero-order valence-electron chi connectivity index (χ0n) is 12.8. The van der Waals surface area contributed by atoms with Gasteiger partial charge in [0.15, 0.2) is 0 Å². The van der Waals surface area contributed by atoms with Crippen LogP contribution >= 0.6 is 0 Å². The summed E-state index contributed by atoms with van der Waals surface area (Å²) >= 11 is 0. The van der Waals surface area contributed by atoms with Crippen molar-refractivity contribution in [3.05, 3.63) is 35.4 Å². The van der Waals surface area contributed by atoms with Gasteiger partial charge in [0.05, 0.1) is 18.2 Å². The highest BCUT2D eigenvalue weighted by Crippen LogP contribution is 2.29. The van der Waals surface area contributed by atoms with Crippen molar-refractivity contribution in [3.63, 3.8) is 0 Å². The summed E-state index contributed by atoms with van der Waals surface area (Å²) in [6.07, 6.45) is 3.26. The fourth-order valence-electron chi connectivity index (χ4n) is 2.91. The minimum Gasteiger partial charge on any atom is -0.480 e. The van der Waals surface area contributed by atoms with E-state index in [9.17, 15) is 18.3 Å². The fraction of sp³-hybridized carbons (Fsp3) is 0.500. The first-order valence-corrected chi connectivity index (χ1v) is 9.22. The van der Waals surface area contributed by atoms with Crippen molar-refractivity contribution in [1.29, 1.82) is 5.26 Å². The third-order valence-electron chi connectivity index (χ3n) is 4.13. The number of hydrogen-bond donors (Lipinski definition) is 2. The van der Waals surface area contributed by atoms with Crippen molar-refractivity contribution in [3.8, 4) is 6.07 Å². The van der Waals surface area contributed by atoms with Crippen LogP contribution < -0.4 is 4.72 Å². The molecule has 0 saturated heterocycles. The average molecular weight is 336 g/mol. The molecular formula is C16H20N2O4S. The number of carbonyl (C=O) groups is 1. The minimum absolute atomic E-state index is 0.269. The Morgan fingerprint density at radius 2 is 1.74 bits per heavy atom. The normalized spacial score (nSPS) is 17.3. The summed E-state index contributed by atoms with van der Waals surface area (Å²) in [6.45, 7) is 0. The van der Waals surface area contributed by atoms with Gasteiger partial charge in [-0.15, -0.1) is 0 Å². The quantitative estimate of drug-likeness (QED) is 0.825. The lowest BCUT2D eigenvalue weighted by Crippen LogP contribution is -2.55. The highest BCUT2D eigenvalue weighted by molar-refractivity contribution is 7.88. The number of nitrogens with one attached hydrogen (secondary N) is 1. The molecular weight excluding hydrogens is 316 g/mol. The number of nitriles is 1. The molecule has 0 radical (unpaired) electrons. The Balaban J connectivity index is 2.11. The topological polar surface area (TPSA) is 107 Å². The van der Waals surface area contributed by atoms with Crippen molar-refractivity contribution in [2.45, 2.75) is 49.8 Å². The van der Waals surface area contributed by atoms with E-state index in [4.69, 9.17) is 5.26 Å². The molecule has 1 aromatic rings. The molecule has 0 aromatic heterocycles. The van der Waals surface area contributed by atoms with E-state index in [0.29, 0.717) is 31.2 Å². The van der Waals surface area contributed by atoms with Gasteiger partial charge in [-0.2, -0.15) is 9.98 Å². The second-order valence-corrected chi connectivity index (χ2v) is 7.68. The number of rotatable bonds is 6. The molecule has 1 saturated carbocycles. The molecule has 6 nitrogen and oxygen atoms in total. The van der Waals surface area contributed by atoms with Crippen LogP contribution in [-0.4, -0.2) is 25.0 Å². The Morgan fingerprint density at radius 1 is 1.17 bits per heavy atom. The van der Waals surface area contributed by atoms with Gasteiger partial charge in [-0.3, -0.25) is 4.79 Å². The Morgan fingerprint density at radius 3 is 2.26 bits per heavy atom. The molecule has 1 aromatic carbocycles. The van der Waals surface area contributed by atoms with E-state index in [0.717, 1.165) is 12.0 Å². The number of hydrogen-bond acceptors (Lipinski definition) is 4. The monoisotopic (exact) mass is 336 g/mol. The zero-order valence-corrected chi connectivity index (χ0v) is 13.6. The third kappa shape index (κ3) is 4.53. The Hall–Kier alpha value is -1.91. The summed E-state index contributed by atoms with van der Waals surface area (Å²) in [5.41, 5.74) is 0.00381. The smallest absolute Gasteiger partial charge is 0.324 e. The van der Waals surface area contributed by atoms with E-state index < -0.39 is 21.5 Å². The van der Waals surface area contributed by atoms with Gasteiger partial charge in [0.1, 0.15) is 5.54 Å². The van der Waals surface area contributed by atoms with E-state index in [1.807, 2.05) is 6.07 Å². The summed E-state index contributed by atoms with van der Waals surface area (Å²) < 4.78 is 27.1. The number of nitrogens with zero attached hydrogens (tertiary/aromatic N) is 1. The molecule has 0 atom stereocenters. The molecule has 23 heavy (non-hydrogen) atoms. The maximum absolute atomic E-state index is 12.4.